The van der Waals surface area contributed by atoms with E-state index in [0.717, 1.165) is 5.75 Å². The van der Waals surface area contributed by atoms with Gasteiger partial charge in [-0.15, -0.1) is 0 Å². The van der Waals surface area contributed by atoms with Crippen LogP contribution in [0.4, 0.5) is 0 Å². The van der Waals surface area contributed by atoms with E-state index in [4.69, 9.17) is 0 Å². The quantitative estimate of drug-likeness (QED) is 0.769. The van der Waals surface area contributed by atoms with Gasteiger partial charge in [0.05, 0.1) is 0 Å². The van der Waals surface area contributed by atoms with Crippen LogP contribution >= 0.6 is 0 Å². The zero-order valence-electron chi connectivity index (χ0n) is 9.99. The molecule has 0 saturated carbocycles. The Morgan fingerprint density at radius 2 is 1.73 bits per heavy atom. The Balaban J connectivity index is 2.65. The van der Waals surface area contributed by atoms with Gasteiger partial charge in [0.15, 0.2) is 0 Å². The first-order valence-corrected chi connectivity index (χ1v) is 6.66. The first kappa shape index (κ1) is 12.4. The fraction of sp³-hybridized carbons (Fsp3) is 0.538. The Hall–Kier alpha value is -0.630. The van der Waals surface area contributed by atoms with E-state index in [1.54, 1.807) is 0 Å². The molecule has 2 heteroatoms. The Morgan fingerprint density at radius 3 is 2.20 bits per heavy atom. The lowest BCUT2D eigenvalue weighted by molar-refractivity contribution is 0.642. The third-order valence-corrected chi connectivity index (χ3v) is 4.62. The summed E-state index contributed by atoms with van der Waals surface area (Å²) in [6.45, 7) is 8.22. The van der Waals surface area contributed by atoms with E-state index in [0.29, 0.717) is 5.92 Å². The lowest BCUT2D eigenvalue weighted by Crippen LogP contribution is -2.26. The summed E-state index contributed by atoms with van der Waals surface area (Å²) in [6, 6.07) is 10.3. The normalized spacial score (nSPS) is 16.0. The van der Waals surface area contributed by atoms with Gasteiger partial charge >= 0.3 is 0 Å². The lowest BCUT2D eigenvalue weighted by atomic mass is 10.0. The van der Waals surface area contributed by atoms with E-state index in [-0.39, 0.29) is 4.75 Å². The Bertz CT molecular complexity index is 324. The van der Waals surface area contributed by atoms with Crippen LogP contribution in [0.5, 0.6) is 0 Å². The summed E-state index contributed by atoms with van der Waals surface area (Å²) in [5, 5.41) is 0. The average Bonchev–Trinajstić information content (AvgIpc) is 2.17. The molecular formula is C13H20OS. The minimum absolute atomic E-state index is 0.108. The number of hydrogen-bond donors (Lipinski definition) is 0. The Labute approximate surface area is 95.4 Å². The van der Waals surface area contributed by atoms with E-state index in [9.17, 15) is 4.21 Å². The van der Waals surface area contributed by atoms with Crippen molar-refractivity contribution >= 4 is 10.8 Å². The second-order valence-electron chi connectivity index (χ2n) is 4.94. The minimum atomic E-state index is -0.768. The predicted octanol–water partition coefficient (Wildman–Crippen LogP) is 3.34. The van der Waals surface area contributed by atoms with Crippen LogP contribution in [0.25, 0.3) is 0 Å². The molecule has 0 radical (unpaired) electrons. The Morgan fingerprint density at radius 1 is 1.20 bits per heavy atom. The van der Waals surface area contributed by atoms with Gasteiger partial charge in [-0.2, -0.15) is 0 Å². The molecule has 0 amide bonds. The zero-order chi connectivity index (χ0) is 11.5. The van der Waals surface area contributed by atoms with Crippen molar-refractivity contribution in [3.8, 4) is 0 Å². The molecule has 15 heavy (non-hydrogen) atoms. The molecule has 1 rings (SSSR count). The highest BCUT2D eigenvalue weighted by atomic mass is 32.2. The van der Waals surface area contributed by atoms with Gasteiger partial charge in [-0.05, 0) is 32.3 Å². The van der Waals surface area contributed by atoms with E-state index in [1.165, 1.54) is 5.56 Å². The first-order valence-electron chi connectivity index (χ1n) is 5.34. The molecule has 0 aliphatic carbocycles. The molecule has 2 atom stereocenters. The highest BCUT2D eigenvalue weighted by molar-refractivity contribution is 7.86. The maximum atomic E-state index is 12.0. The van der Waals surface area contributed by atoms with Crippen molar-refractivity contribution in [1.29, 1.82) is 0 Å². The van der Waals surface area contributed by atoms with Crippen molar-refractivity contribution in [2.45, 2.75) is 38.4 Å². The largest absolute Gasteiger partial charge is 0.259 e. The van der Waals surface area contributed by atoms with Crippen LogP contribution in [0.15, 0.2) is 30.3 Å². The molecule has 0 heterocycles. The topological polar surface area (TPSA) is 17.1 Å². The van der Waals surface area contributed by atoms with E-state index in [1.807, 2.05) is 39.0 Å². The van der Waals surface area contributed by atoms with Crippen LogP contribution in [0.2, 0.25) is 0 Å². The monoisotopic (exact) mass is 224 g/mol. The predicted molar refractivity (Wildman–Crippen MR) is 67.6 cm³/mol. The summed E-state index contributed by atoms with van der Waals surface area (Å²) in [4.78, 5) is 0. The van der Waals surface area contributed by atoms with E-state index in [2.05, 4.69) is 19.1 Å². The summed E-state index contributed by atoms with van der Waals surface area (Å²) < 4.78 is 11.9. The molecule has 0 aliphatic rings. The SMILES string of the molecule is C[C@@H](CS(=O)C(C)(C)C)c1ccccc1. The number of hydrogen-bond acceptors (Lipinski definition) is 1. The molecule has 1 aromatic carbocycles. The maximum Gasteiger partial charge on any atom is 0.0375 e. The highest BCUT2D eigenvalue weighted by Gasteiger charge is 2.21. The maximum absolute atomic E-state index is 12.0. The molecule has 0 spiro atoms. The fourth-order valence-corrected chi connectivity index (χ4v) is 2.50. The van der Waals surface area contributed by atoms with Gasteiger partial charge in [0.25, 0.3) is 0 Å². The third kappa shape index (κ3) is 3.78. The van der Waals surface area contributed by atoms with E-state index < -0.39 is 10.8 Å². The standard InChI is InChI=1S/C13H20OS/c1-11(10-15(14)13(2,3)4)12-8-6-5-7-9-12/h5-9,11H,10H2,1-4H3/t11-,15?/m0/s1. The zero-order valence-corrected chi connectivity index (χ0v) is 10.8. The summed E-state index contributed by atoms with van der Waals surface area (Å²) in [5.74, 6) is 1.11. The lowest BCUT2D eigenvalue weighted by Gasteiger charge is -2.20. The Kier molecular flexibility index (Phi) is 4.09. The average molecular weight is 224 g/mol. The van der Waals surface area contributed by atoms with Crippen LogP contribution in [-0.2, 0) is 10.8 Å². The van der Waals surface area contributed by atoms with Gasteiger partial charge in [0.1, 0.15) is 0 Å². The molecular weight excluding hydrogens is 204 g/mol. The van der Waals surface area contributed by atoms with Crippen molar-refractivity contribution in [2.75, 3.05) is 5.75 Å². The van der Waals surface area contributed by atoms with Crippen LogP contribution in [-0.4, -0.2) is 14.7 Å². The van der Waals surface area contributed by atoms with Gasteiger partial charge in [-0.25, -0.2) is 0 Å². The molecule has 0 saturated heterocycles. The number of benzene rings is 1. The van der Waals surface area contributed by atoms with Gasteiger partial charge in [-0.1, -0.05) is 37.3 Å². The van der Waals surface area contributed by atoms with Crippen LogP contribution in [0.1, 0.15) is 39.2 Å². The summed E-state index contributed by atoms with van der Waals surface area (Å²) >= 11 is 0. The van der Waals surface area contributed by atoms with Gasteiger partial charge < -0.3 is 0 Å². The smallest absolute Gasteiger partial charge is 0.0375 e. The summed E-state index contributed by atoms with van der Waals surface area (Å²) in [5.41, 5.74) is 1.27. The second-order valence-corrected chi connectivity index (χ2v) is 7.19. The van der Waals surface area contributed by atoms with Crippen molar-refractivity contribution < 1.29 is 4.21 Å². The third-order valence-electron chi connectivity index (χ3n) is 2.45. The van der Waals surface area contributed by atoms with Crippen molar-refractivity contribution in [2.24, 2.45) is 0 Å². The fourth-order valence-electron chi connectivity index (χ4n) is 1.35. The molecule has 0 aliphatic heterocycles. The molecule has 1 aromatic rings. The van der Waals surface area contributed by atoms with Crippen molar-refractivity contribution in [1.82, 2.24) is 0 Å². The molecule has 84 valence electrons. The highest BCUT2D eigenvalue weighted by Crippen LogP contribution is 2.20. The summed E-state index contributed by atoms with van der Waals surface area (Å²) in [7, 11) is -0.768. The second kappa shape index (κ2) is 4.93. The molecule has 0 fully saturated rings. The van der Waals surface area contributed by atoms with Crippen LogP contribution < -0.4 is 0 Å². The minimum Gasteiger partial charge on any atom is -0.259 e. The molecule has 0 N–H and O–H groups in total. The van der Waals surface area contributed by atoms with Gasteiger partial charge in [0, 0.05) is 21.3 Å². The van der Waals surface area contributed by atoms with Gasteiger partial charge in [-0.3, -0.25) is 4.21 Å². The van der Waals surface area contributed by atoms with Crippen LogP contribution in [0.3, 0.4) is 0 Å². The number of rotatable bonds is 3. The summed E-state index contributed by atoms with van der Waals surface area (Å²) in [6.07, 6.45) is 0. The molecule has 0 aromatic heterocycles. The van der Waals surface area contributed by atoms with Crippen LogP contribution in [0, 0.1) is 0 Å². The first-order chi connectivity index (χ1) is 6.91. The van der Waals surface area contributed by atoms with Gasteiger partial charge in [0.2, 0.25) is 0 Å². The van der Waals surface area contributed by atoms with E-state index >= 15 is 0 Å². The molecule has 1 unspecified atom stereocenters. The molecule has 1 nitrogen and oxygen atoms in total. The molecule has 0 bridgehead atoms. The van der Waals surface area contributed by atoms with Crippen molar-refractivity contribution in [3.05, 3.63) is 35.9 Å². The van der Waals surface area contributed by atoms with Crippen molar-refractivity contribution in [3.63, 3.8) is 0 Å².